The summed E-state index contributed by atoms with van der Waals surface area (Å²) in [6.07, 6.45) is 15.2. The van der Waals surface area contributed by atoms with E-state index in [2.05, 4.69) is 58.0 Å². The Morgan fingerprint density at radius 2 is 2.00 bits per heavy atom. The van der Waals surface area contributed by atoms with Crippen LogP contribution in [0.5, 0.6) is 0 Å². The number of hydrogen-bond acceptors (Lipinski definition) is 1. The molecule has 1 unspecified atom stereocenters. The van der Waals surface area contributed by atoms with Crippen LogP contribution in [0.3, 0.4) is 0 Å². The summed E-state index contributed by atoms with van der Waals surface area (Å²) in [7, 11) is 0. The van der Waals surface area contributed by atoms with Crippen molar-refractivity contribution in [3.8, 4) is 0 Å². The van der Waals surface area contributed by atoms with Gasteiger partial charge in [0, 0.05) is 0 Å². The van der Waals surface area contributed by atoms with Gasteiger partial charge in [0.25, 0.3) is 0 Å². The molecule has 1 fully saturated rings. The van der Waals surface area contributed by atoms with Gasteiger partial charge in [0.1, 0.15) is 0 Å². The number of nitrogens with two attached hydrogens (primary N) is 1. The molecule has 0 bridgehead atoms. The van der Waals surface area contributed by atoms with Crippen molar-refractivity contribution in [3.05, 3.63) is 47.0 Å². The first-order valence-electron chi connectivity index (χ1n) is 10.9. The minimum absolute atomic E-state index is 0.345. The number of benzene rings is 1. The molecule has 1 nitrogen and oxygen atoms in total. The molecule has 2 aliphatic rings. The summed E-state index contributed by atoms with van der Waals surface area (Å²) < 4.78 is 0. The number of aryl methyl sites for hydroxylation is 1. The summed E-state index contributed by atoms with van der Waals surface area (Å²) in [4.78, 5) is 0. The van der Waals surface area contributed by atoms with Crippen molar-refractivity contribution in [2.24, 2.45) is 17.1 Å². The molecular weight excluding hydrogens is 314 g/mol. The molecule has 1 heteroatoms. The number of allylic oxidation sites excluding steroid dienone is 2. The maximum Gasteiger partial charge on any atom is -0.00360 e. The number of unbranched alkanes of at least 4 members (excludes halogenated alkanes) is 2. The molecule has 0 amide bonds. The Bertz CT molecular complexity index is 644. The van der Waals surface area contributed by atoms with Crippen LogP contribution in [0.25, 0.3) is 0 Å². The standard InChI is InChI=1S/C25H39N/c1-19(2)20-10-12-22-21(18-20)11-13-23-24(3,14-7-5-6-8-17-26)15-9-16-25(22,23)4/h7,10,12,14,18-19,23H,5-6,8-9,11,13,15-17,26H2,1-4H3/t23?,24-,25+/m0/s1. The topological polar surface area (TPSA) is 26.0 Å². The minimum Gasteiger partial charge on any atom is -0.330 e. The average Bonchev–Trinajstić information content (AvgIpc) is 2.61. The molecule has 26 heavy (non-hydrogen) atoms. The zero-order valence-corrected chi connectivity index (χ0v) is 17.5. The van der Waals surface area contributed by atoms with Gasteiger partial charge in [-0.05, 0) is 90.8 Å². The molecule has 0 heterocycles. The Balaban J connectivity index is 1.85. The molecule has 1 saturated carbocycles. The van der Waals surface area contributed by atoms with Crippen LogP contribution in [0.4, 0.5) is 0 Å². The summed E-state index contributed by atoms with van der Waals surface area (Å²) >= 11 is 0. The van der Waals surface area contributed by atoms with E-state index in [9.17, 15) is 0 Å². The molecule has 144 valence electrons. The fourth-order valence-electron chi connectivity index (χ4n) is 5.88. The van der Waals surface area contributed by atoms with Crippen LogP contribution in [-0.2, 0) is 11.8 Å². The third-order valence-electron chi connectivity index (χ3n) is 7.41. The highest BCUT2D eigenvalue weighted by Crippen LogP contribution is 2.57. The highest BCUT2D eigenvalue weighted by molar-refractivity contribution is 5.42. The summed E-state index contributed by atoms with van der Waals surface area (Å²) in [5.41, 5.74) is 11.1. The molecule has 3 atom stereocenters. The molecule has 1 aromatic carbocycles. The van der Waals surface area contributed by atoms with Crippen LogP contribution >= 0.6 is 0 Å². The lowest BCUT2D eigenvalue weighted by atomic mass is 9.49. The minimum atomic E-state index is 0.345. The van der Waals surface area contributed by atoms with E-state index in [1.54, 1.807) is 11.1 Å². The van der Waals surface area contributed by atoms with E-state index in [1.807, 2.05) is 0 Å². The van der Waals surface area contributed by atoms with Gasteiger partial charge in [-0.2, -0.15) is 0 Å². The van der Waals surface area contributed by atoms with Crippen molar-refractivity contribution in [2.45, 2.75) is 90.4 Å². The van der Waals surface area contributed by atoms with Gasteiger partial charge in [0.15, 0.2) is 0 Å². The number of rotatable bonds is 6. The van der Waals surface area contributed by atoms with Crippen LogP contribution < -0.4 is 5.73 Å². The van der Waals surface area contributed by atoms with E-state index in [0.717, 1.165) is 18.9 Å². The van der Waals surface area contributed by atoms with Gasteiger partial charge < -0.3 is 5.73 Å². The lowest BCUT2D eigenvalue weighted by Crippen LogP contribution is -2.48. The largest absolute Gasteiger partial charge is 0.330 e. The SMILES string of the molecule is CC(C)c1ccc2c(c1)CCC1[C@@](C)(C=CCCCCN)CCC[C@]21C. The molecule has 2 aliphatic carbocycles. The van der Waals surface area contributed by atoms with Crippen molar-refractivity contribution < 1.29 is 0 Å². The normalized spacial score (nSPS) is 31.2. The summed E-state index contributed by atoms with van der Waals surface area (Å²) in [6.45, 7) is 10.5. The highest BCUT2D eigenvalue weighted by atomic mass is 14.5. The molecule has 0 aromatic heterocycles. The Labute approximate surface area is 161 Å². The van der Waals surface area contributed by atoms with Crippen molar-refractivity contribution in [2.75, 3.05) is 6.54 Å². The van der Waals surface area contributed by atoms with Gasteiger partial charge >= 0.3 is 0 Å². The monoisotopic (exact) mass is 353 g/mol. The van der Waals surface area contributed by atoms with E-state index >= 15 is 0 Å². The third-order valence-corrected chi connectivity index (χ3v) is 7.41. The van der Waals surface area contributed by atoms with Gasteiger partial charge in [-0.3, -0.25) is 0 Å². The first-order chi connectivity index (χ1) is 12.4. The van der Waals surface area contributed by atoms with Crippen LogP contribution in [-0.4, -0.2) is 6.54 Å². The van der Waals surface area contributed by atoms with Gasteiger partial charge in [-0.1, -0.05) is 64.5 Å². The highest BCUT2D eigenvalue weighted by Gasteiger charge is 2.50. The van der Waals surface area contributed by atoms with E-state index in [-0.39, 0.29) is 0 Å². The van der Waals surface area contributed by atoms with Crippen LogP contribution in [0.1, 0.15) is 95.2 Å². The predicted molar refractivity (Wildman–Crippen MR) is 114 cm³/mol. The van der Waals surface area contributed by atoms with Crippen molar-refractivity contribution >= 4 is 0 Å². The Hall–Kier alpha value is -1.08. The van der Waals surface area contributed by atoms with Crippen LogP contribution in [0.15, 0.2) is 30.4 Å². The molecule has 0 radical (unpaired) electrons. The fourth-order valence-corrected chi connectivity index (χ4v) is 5.88. The van der Waals surface area contributed by atoms with Crippen LogP contribution in [0, 0.1) is 11.3 Å². The molecule has 1 aromatic rings. The van der Waals surface area contributed by atoms with Crippen LogP contribution in [0.2, 0.25) is 0 Å². The van der Waals surface area contributed by atoms with Crippen molar-refractivity contribution in [1.29, 1.82) is 0 Å². The molecule has 2 N–H and O–H groups in total. The number of fused-ring (bicyclic) bond motifs is 3. The molecule has 0 spiro atoms. The van der Waals surface area contributed by atoms with Gasteiger partial charge in [0.05, 0.1) is 0 Å². The lowest BCUT2D eigenvalue weighted by Gasteiger charge is -2.54. The Morgan fingerprint density at radius 1 is 1.19 bits per heavy atom. The van der Waals surface area contributed by atoms with E-state index in [1.165, 1.54) is 50.5 Å². The van der Waals surface area contributed by atoms with Crippen molar-refractivity contribution in [1.82, 2.24) is 0 Å². The third kappa shape index (κ3) is 3.65. The summed E-state index contributed by atoms with van der Waals surface area (Å²) in [5.74, 6) is 1.39. The second kappa shape index (κ2) is 7.89. The second-order valence-corrected chi connectivity index (χ2v) is 9.63. The lowest BCUT2D eigenvalue weighted by molar-refractivity contribution is 0.0629. The Morgan fingerprint density at radius 3 is 2.73 bits per heavy atom. The van der Waals surface area contributed by atoms with E-state index < -0.39 is 0 Å². The second-order valence-electron chi connectivity index (χ2n) is 9.63. The summed E-state index contributed by atoms with van der Waals surface area (Å²) in [6, 6.07) is 7.38. The predicted octanol–water partition coefficient (Wildman–Crippen LogP) is 6.51. The van der Waals surface area contributed by atoms with Crippen molar-refractivity contribution in [3.63, 3.8) is 0 Å². The zero-order chi connectivity index (χ0) is 18.8. The fraction of sp³-hybridized carbons (Fsp3) is 0.680. The Kier molecular flexibility index (Phi) is 5.97. The maximum absolute atomic E-state index is 5.63. The average molecular weight is 354 g/mol. The molecule has 3 rings (SSSR count). The van der Waals surface area contributed by atoms with E-state index in [0.29, 0.717) is 16.7 Å². The summed E-state index contributed by atoms with van der Waals surface area (Å²) in [5, 5.41) is 0. The smallest absolute Gasteiger partial charge is 0.00360 e. The van der Waals surface area contributed by atoms with Gasteiger partial charge in [-0.25, -0.2) is 0 Å². The van der Waals surface area contributed by atoms with Gasteiger partial charge in [-0.15, -0.1) is 0 Å². The first-order valence-corrected chi connectivity index (χ1v) is 10.9. The first kappa shape index (κ1) is 19.7. The molecular formula is C25H39N. The maximum atomic E-state index is 5.63. The van der Waals surface area contributed by atoms with E-state index in [4.69, 9.17) is 5.73 Å². The molecule has 0 saturated heterocycles. The molecule has 0 aliphatic heterocycles. The zero-order valence-electron chi connectivity index (χ0n) is 17.5. The van der Waals surface area contributed by atoms with Gasteiger partial charge in [0.2, 0.25) is 0 Å². The number of hydrogen-bond donors (Lipinski definition) is 1. The quantitative estimate of drug-likeness (QED) is 0.458.